The first-order valence-corrected chi connectivity index (χ1v) is 4.54. The summed E-state index contributed by atoms with van der Waals surface area (Å²) in [5.41, 5.74) is 1.97. The first-order chi connectivity index (χ1) is 6.65. The Hall–Kier alpha value is -1.58. The van der Waals surface area contributed by atoms with Crippen molar-refractivity contribution in [3.05, 3.63) is 24.0 Å². The van der Waals surface area contributed by atoms with Crippen molar-refractivity contribution in [2.24, 2.45) is 0 Å². The van der Waals surface area contributed by atoms with Crippen LogP contribution in [-0.4, -0.2) is 24.0 Å². The molecule has 0 aliphatic rings. The maximum absolute atomic E-state index is 11.2. The van der Waals surface area contributed by atoms with Crippen molar-refractivity contribution in [1.29, 1.82) is 0 Å². The molecule has 0 spiro atoms. The third-order valence-corrected chi connectivity index (χ3v) is 2.03. The second-order valence-corrected chi connectivity index (χ2v) is 3.17. The highest BCUT2D eigenvalue weighted by atomic mass is 16.2. The van der Waals surface area contributed by atoms with Gasteiger partial charge in [0.05, 0.1) is 0 Å². The summed E-state index contributed by atoms with van der Waals surface area (Å²) >= 11 is 0. The molecule has 0 aromatic carbocycles. The van der Waals surface area contributed by atoms with Gasteiger partial charge in [0.15, 0.2) is 0 Å². The smallest absolute Gasteiger partial charge is 0.241 e. The molecule has 1 atom stereocenters. The number of aromatic nitrogens is 1. The highest BCUT2D eigenvalue weighted by molar-refractivity contribution is 5.84. The SMILES string of the molecule is CNC(=O)C(C)Nc1ccncc1C. The fraction of sp³-hybridized carbons (Fsp3) is 0.400. The van der Waals surface area contributed by atoms with Crippen LogP contribution in [0.1, 0.15) is 12.5 Å². The van der Waals surface area contributed by atoms with E-state index in [1.807, 2.05) is 19.9 Å². The van der Waals surface area contributed by atoms with Gasteiger partial charge in [-0.3, -0.25) is 9.78 Å². The van der Waals surface area contributed by atoms with Gasteiger partial charge in [-0.1, -0.05) is 0 Å². The van der Waals surface area contributed by atoms with Crippen LogP contribution in [0, 0.1) is 6.92 Å². The first-order valence-electron chi connectivity index (χ1n) is 4.54. The van der Waals surface area contributed by atoms with Crippen molar-refractivity contribution in [3.8, 4) is 0 Å². The Labute approximate surface area is 83.7 Å². The molecule has 14 heavy (non-hydrogen) atoms. The van der Waals surface area contributed by atoms with Gasteiger partial charge >= 0.3 is 0 Å². The number of amides is 1. The van der Waals surface area contributed by atoms with E-state index in [4.69, 9.17) is 0 Å². The molecule has 0 radical (unpaired) electrons. The maximum Gasteiger partial charge on any atom is 0.241 e. The van der Waals surface area contributed by atoms with Crippen molar-refractivity contribution in [3.63, 3.8) is 0 Å². The Morgan fingerprint density at radius 3 is 2.86 bits per heavy atom. The summed E-state index contributed by atoms with van der Waals surface area (Å²) in [7, 11) is 1.62. The number of aryl methyl sites for hydroxylation is 1. The molecule has 4 nitrogen and oxygen atoms in total. The minimum absolute atomic E-state index is 0.0267. The van der Waals surface area contributed by atoms with E-state index in [9.17, 15) is 4.79 Å². The molecule has 0 saturated carbocycles. The largest absolute Gasteiger partial charge is 0.374 e. The second-order valence-electron chi connectivity index (χ2n) is 3.17. The van der Waals surface area contributed by atoms with Gasteiger partial charge in [-0.05, 0) is 25.5 Å². The minimum atomic E-state index is -0.235. The molecule has 1 unspecified atom stereocenters. The lowest BCUT2D eigenvalue weighted by Crippen LogP contribution is -2.35. The average molecular weight is 193 g/mol. The third-order valence-electron chi connectivity index (χ3n) is 2.03. The molecular weight excluding hydrogens is 178 g/mol. The Kier molecular flexibility index (Phi) is 3.45. The predicted octanol–water partition coefficient (Wildman–Crippen LogP) is 0.936. The van der Waals surface area contributed by atoms with E-state index in [1.165, 1.54) is 0 Å². The Balaban J connectivity index is 2.69. The summed E-state index contributed by atoms with van der Waals surface area (Å²) in [5, 5.41) is 5.70. The molecule has 0 fully saturated rings. The van der Waals surface area contributed by atoms with Gasteiger partial charge in [-0.2, -0.15) is 0 Å². The maximum atomic E-state index is 11.2. The molecular formula is C10H15N3O. The number of carbonyl (C=O) groups is 1. The molecule has 0 saturated heterocycles. The van der Waals surface area contributed by atoms with Crippen LogP contribution in [0.3, 0.4) is 0 Å². The molecule has 1 rings (SSSR count). The summed E-state index contributed by atoms with van der Waals surface area (Å²) in [4.78, 5) is 15.2. The fourth-order valence-electron chi connectivity index (χ4n) is 1.15. The van der Waals surface area contributed by atoms with Gasteiger partial charge in [0.2, 0.25) is 5.91 Å². The Morgan fingerprint density at radius 2 is 2.29 bits per heavy atom. The number of nitrogens with one attached hydrogen (secondary N) is 2. The molecule has 4 heteroatoms. The van der Waals surface area contributed by atoms with Gasteiger partial charge in [0, 0.05) is 25.1 Å². The summed E-state index contributed by atoms with van der Waals surface area (Å²) in [5.74, 6) is -0.0267. The standard InChI is InChI=1S/C10H15N3O/c1-7-6-12-5-4-9(7)13-8(2)10(14)11-3/h4-6,8H,1-3H3,(H,11,14)(H,12,13). The van der Waals surface area contributed by atoms with E-state index in [1.54, 1.807) is 19.4 Å². The number of anilines is 1. The van der Waals surface area contributed by atoms with Crippen LogP contribution in [0.4, 0.5) is 5.69 Å². The molecule has 76 valence electrons. The number of nitrogens with zero attached hydrogens (tertiary/aromatic N) is 1. The van der Waals surface area contributed by atoms with E-state index in [0.717, 1.165) is 11.3 Å². The summed E-state index contributed by atoms with van der Waals surface area (Å²) in [6.45, 7) is 3.77. The molecule has 1 amide bonds. The second kappa shape index (κ2) is 4.60. The fourth-order valence-corrected chi connectivity index (χ4v) is 1.15. The predicted molar refractivity (Wildman–Crippen MR) is 56.1 cm³/mol. The van der Waals surface area contributed by atoms with Crippen molar-refractivity contribution < 1.29 is 4.79 Å². The number of likely N-dealkylation sites (N-methyl/N-ethyl adjacent to an activating group) is 1. The highest BCUT2D eigenvalue weighted by Crippen LogP contribution is 2.12. The van der Waals surface area contributed by atoms with E-state index in [2.05, 4.69) is 15.6 Å². The summed E-state index contributed by atoms with van der Waals surface area (Å²) < 4.78 is 0. The number of carbonyl (C=O) groups excluding carboxylic acids is 1. The van der Waals surface area contributed by atoms with Gasteiger partial charge < -0.3 is 10.6 Å². The highest BCUT2D eigenvalue weighted by Gasteiger charge is 2.10. The molecule has 0 bridgehead atoms. The molecule has 0 aliphatic carbocycles. The molecule has 1 heterocycles. The average Bonchev–Trinajstić information content (AvgIpc) is 2.20. The topological polar surface area (TPSA) is 54.0 Å². The minimum Gasteiger partial charge on any atom is -0.374 e. The monoisotopic (exact) mass is 193 g/mol. The van der Waals surface area contributed by atoms with Crippen LogP contribution < -0.4 is 10.6 Å². The zero-order valence-corrected chi connectivity index (χ0v) is 8.66. The summed E-state index contributed by atoms with van der Waals surface area (Å²) in [6.07, 6.45) is 3.46. The van der Waals surface area contributed by atoms with Crippen molar-refractivity contribution in [2.45, 2.75) is 19.9 Å². The van der Waals surface area contributed by atoms with Crippen LogP contribution in [0.5, 0.6) is 0 Å². The van der Waals surface area contributed by atoms with E-state index < -0.39 is 0 Å². The van der Waals surface area contributed by atoms with Gasteiger partial charge in [0.1, 0.15) is 6.04 Å². The number of pyridine rings is 1. The van der Waals surface area contributed by atoms with E-state index >= 15 is 0 Å². The van der Waals surface area contributed by atoms with E-state index in [0.29, 0.717) is 0 Å². The van der Waals surface area contributed by atoms with Crippen molar-refractivity contribution in [2.75, 3.05) is 12.4 Å². The van der Waals surface area contributed by atoms with Crippen molar-refractivity contribution >= 4 is 11.6 Å². The Bertz CT molecular complexity index is 325. The van der Waals surface area contributed by atoms with Crippen molar-refractivity contribution in [1.82, 2.24) is 10.3 Å². The number of hydrogen-bond acceptors (Lipinski definition) is 3. The first kappa shape index (κ1) is 10.5. The van der Waals surface area contributed by atoms with E-state index in [-0.39, 0.29) is 11.9 Å². The molecule has 1 aromatic heterocycles. The lowest BCUT2D eigenvalue weighted by Gasteiger charge is -2.14. The lowest BCUT2D eigenvalue weighted by atomic mass is 10.2. The van der Waals surface area contributed by atoms with Crippen LogP contribution in [0.15, 0.2) is 18.5 Å². The van der Waals surface area contributed by atoms with Gasteiger partial charge in [-0.15, -0.1) is 0 Å². The molecule has 1 aromatic rings. The normalized spacial score (nSPS) is 11.9. The van der Waals surface area contributed by atoms with Crippen LogP contribution >= 0.6 is 0 Å². The molecule has 0 aliphatic heterocycles. The van der Waals surface area contributed by atoms with Crippen LogP contribution in [0.2, 0.25) is 0 Å². The quantitative estimate of drug-likeness (QED) is 0.751. The third kappa shape index (κ3) is 2.45. The Morgan fingerprint density at radius 1 is 1.57 bits per heavy atom. The lowest BCUT2D eigenvalue weighted by molar-refractivity contribution is -0.121. The van der Waals surface area contributed by atoms with Crippen LogP contribution in [-0.2, 0) is 4.79 Å². The van der Waals surface area contributed by atoms with Gasteiger partial charge in [-0.25, -0.2) is 0 Å². The number of hydrogen-bond donors (Lipinski definition) is 2. The number of rotatable bonds is 3. The van der Waals surface area contributed by atoms with Crippen LogP contribution in [0.25, 0.3) is 0 Å². The zero-order chi connectivity index (χ0) is 10.6. The summed E-state index contributed by atoms with van der Waals surface area (Å²) in [6, 6.07) is 1.62. The zero-order valence-electron chi connectivity index (χ0n) is 8.66. The molecule has 2 N–H and O–H groups in total. The van der Waals surface area contributed by atoms with Gasteiger partial charge in [0.25, 0.3) is 0 Å².